The molecular weight excluding hydrogens is 398 g/mol. The van der Waals surface area contributed by atoms with Gasteiger partial charge in [0.05, 0.1) is 6.54 Å². The van der Waals surface area contributed by atoms with E-state index >= 15 is 0 Å². The molecule has 31 heavy (non-hydrogen) atoms. The van der Waals surface area contributed by atoms with E-state index in [1.54, 1.807) is 11.6 Å². The Labute approximate surface area is 181 Å². The van der Waals surface area contributed by atoms with Gasteiger partial charge in [0.1, 0.15) is 5.56 Å². The van der Waals surface area contributed by atoms with Gasteiger partial charge in [0, 0.05) is 26.3 Å². The molecule has 0 bridgehead atoms. The van der Waals surface area contributed by atoms with Crippen molar-refractivity contribution < 1.29 is 19.2 Å². The van der Waals surface area contributed by atoms with Gasteiger partial charge in [-0.05, 0) is 43.6 Å². The molecule has 2 fully saturated rings. The first-order valence-electron chi connectivity index (χ1n) is 11.1. The standard InChI is InChI=1S/C22H31N5O4/c1-13(2)12-26-20-16(7-4-14-8-10-31-11-9-14)18(23-3)25-27(20)22(30)17(21(26)29)19(28)24-15-5-6-15/h4,7,13-15H,5-6,8-12H2,1-3H3,(H3,23,24,25,28,29,30)/p+1/b7-4+. The molecule has 9 heteroatoms. The number of aromatic nitrogens is 3. The number of ether oxygens (including phenoxy) is 1. The highest BCUT2D eigenvalue weighted by Crippen LogP contribution is 2.25. The monoisotopic (exact) mass is 430 g/mol. The van der Waals surface area contributed by atoms with Crippen molar-refractivity contribution in [1.82, 2.24) is 14.9 Å². The molecule has 4 N–H and O–H groups in total. The van der Waals surface area contributed by atoms with Crippen LogP contribution in [0.5, 0.6) is 5.88 Å². The summed E-state index contributed by atoms with van der Waals surface area (Å²) in [5.41, 5.74) is 0.518. The largest absolute Gasteiger partial charge is 0.477 e. The van der Waals surface area contributed by atoms with Gasteiger partial charge in [0.15, 0.2) is 5.82 Å². The van der Waals surface area contributed by atoms with Gasteiger partial charge in [-0.1, -0.05) is 24.4 Å². The number of hydrogen-bond donors (Lipinski definition) is 4. The van der Waals surface area contributed by atoms with Crippen LogP contribution in [0.25, 0.3) is 11.7 Å². The second-order valence-electron chi connectivity index (χ2n) is 8.87. The van der Waals surface area contributed by atoms with E-state index in [0.717, 1.165) is 44.5 Å². The fourth-order valence-electron chi connectivity index (χ4n) is 4.02. The van der Waals surface area contributed by atoms with E-state index in [2.05, 4.69) is 21.8 Å². The predicted octanol–water partition coefficient (Wildman–Crippen LogP) is 1.65. The van der Waals surface area contributed by atoms with E-state index in [1.807, 2.05) is 19.9 Å². The quantitative estimate of drug-likeness (QED) is 0.499. The number of aromatic amines is 1. The van der Waals surface area contributed by atoms with Crippen LogP contribution < -0.4 is 20.8 Å². The van der Waals surface area contributed by atoms with Crippen molar-refractivity contribution in [2.24, 2.45) is 11.8 Å². The third-order valence-electron chi connectivity index (χ3n) is 5.84. The van der Waals surface area contributed by atoms with E-state index < -0.39 is 11.5 Å². The van der Waals surface area contributed by atoms with E-state index in [-0.39, 0.29) is 23.4 Å². The van der Waals surface area contributed by atoms with Gasteiger partial charge in [0.25, 0.3) is 5.91 Å². The smallest absolute Gasteiger partial charge is 0.378 e. The van der Waals surface area contributed by atoms with Crippen LogP contribution in [0.15, 0.2) is 10.9 Å². The Morgan fingerprint density at radius 3 is 2.65 bits per heavy atom. The fraction of sp³-hybridized carbons (Fsp3) is 0.591. The molecule has 0 radical (unpaired) electrons. The number of rotatable bonds is 7. The lowest BCUT2D eigenvalue weighted by atomic mass is 9.99. The van der Waals surface area contributed by atoms with E-state index in [4.69, 9.17) is 4.74 Å². The second kappa shape index (κ2) is 8.74. The summed E-state index contributed by atoms with van der Waals surface area (Å²) in [4.78, 5) is 26.0. The normalized spacial score (nSPS) is 17.7. The summed E-state index contributed by atoms with van der Waals surface area (Å²) in [6, 6.07) is 0.0834. The van der Waals surface area contributed by atoms with Crippen LogP contribution in [0.2, 0.25) is 0 Å². The number of H-pyrrole nitrogens is 1. The molecule has 4 rings (SSSR count). The summed E-state index contributed by atoms with van der Waals surface area (Å²) in [7, 11) is 1.77. The van der Waals surface area contributed by atoms with Crippen molar-refractivity contribution in [3.8, 4) is 5.88 Å². The van der Waals surface area contributed by atoms with E-state index in [1.165, 1.54) is 4.52 Å². The predicted molar refractivity (Wildman–Crippen MR) is 117 cm³/mol. The van der Waals surface area contributed by atoms with Crippen molar-refractivity contribution in [1.29, 1.82) is 0 Å². The molecule has 1 saturated heterocycles. The molecule has 1 saturated carbocycles. The number of aromatic hydroxyl groups is 1. The molecule has 2 aliphatic rings. The third-order valence-corrected chi connectivity index (χ3v) is 5.84. The Kier molecular flexibility index (Phi) is 6.04. The molecule has 168 valence electrons. The molecular formula is C22H32N5O4+. The average molecular weight is 431 g/mol. The molecule has 0 atom stereocenters. The minimum absolute atomic E-state index is 0.0834. The lowest BCUT2D eigenvalue weighted by molar-refractivity contribution is -0.686. The first kappa shape index (κ1) is 21.4. The van der Waals surface area contributed by atoms with E-state index in [0.29, 0.717) is 23.9 Å². The molecule has 0 aromatic carbocycles. The second-order valence-corrected chi connectivity index (χ2v) is 8.87. The van der Waals surface area contributed by atoms with Crippen LogP contribution >= 0.6 is 0 Å². The highest BCUT2D eigenvalue weighted by Gasteiger charge is 2.35. The van der Waals surface area contributed by atoms with Crippen LogP contribution in [0, 0.1) is 11.8 Å². The van der Waals surface area contributed by atoms with Crippen LogP contribution in [0.4, 0.5) is 5.82 Å². The number of allylic oxidation sites excluding steroid dienone is 1. The molecule has 9 nitrogen and oxygen atoms in total. The van der Waals surface area contributed by atoms with Crippen molar-refractivity contribution >= 4 is 23.4 Å². The number of carbonyl (C=O) groups excluding carboxylic acids is 1. The number of carbonyl (C=O) groups is 1. The Bertz CT molecular complexity index is 1060. The third kappa shape index (κ3) is 4.32. The molecule has 1 aliphatic carbocycles. The first-order chi connectivity index (χ1) is 14.9. The van der Waals surface area contributed by atoms with Gasteiger partial charge in [-0.3, -0.25) is 4.79 Å². The maximum atomic E-state index is 13.2. The SMILES string of the molecule is CNc1[nH]n2c(=O)c(C(=O)NC3CC3)c(O)[n+](CC(C)C)c2c1/C=C/C1CCOCC1. The Hall–Kier alpha value is -2.81. The lowest BCUT2D eigenvalue weighted by Crippen LogP contribution is -2.46. The number of amides is 1. The zero-order chi connectivity index (χ0) is 22.1. The van der Waals surface area contributed by atoms with Crippen molar-refractivity contribution in [2.75, 3.05) is 25.6 Å². The Morgan fingerprint density at radius 2 is 2.03 bits per heavy atom. The summed E-state index contributed by atoms with van der Waals surface area (Å²) >= 11 is 0. The Morgan fingerprint density at radius 1 is 1.32 bits per heavy atom. The fourth-order valence-corrected chi connectivity index (χ4v) is 4.02. The molecule has 2 aromatic heterocycles. The molecule has 2 aromatic rings. The van der Waals surface area contributed by atoms with Gasteiger partial charge in [-0.25, -0.2) is 9.89 Å². The zero-order valence-corrected chi connectivity index (χ0v) is 18.4. The highest BCUT2D eigenvalue weighted by molar-refractivity contribution is 5.96. The van der Waals surface area contributed by atoms with Crippen LogP contribution in [-0.4, -0.2) is 46.9 Å². The molecule has 3 heterocycles. The summed E-state index contributed by atoms with van der Waals surface area (Å²) < 4.78 is 8.46. The summed E-state index contributed by atoms with van der Waals surface area (Å²) in [6.45, 7) is 6.00. The summed E-state index contributed by atoms with van der Waals surface area (Å²) in [6.07, 6.45) is 7.84. The van der Waals surface area contributed by atoms with Gasteiger partial charge in [-0.15, -0.1) is 0 Å². The lowest BCUT2D eigenvalue weighted by Gasteiger charge is -2.18. The average Bonchev–Trinajstić information content (AvgIpc) is 3.47. The number of nitrogens with zero attached hydrogens (tertiary/aromatic N) is 2. The number of hydrogen-bond acceptors (Lipinski definition) is 5. The first-order valence-corrected chi connectivity index (χ1v) is 11.1. The summed E-state index contributed by atoms with van der Waals surface area (Å²) in [5.74, 6) is 0.417. The van der Waals surface area contributed by atoms with Gasteiger partial charge in [0.2, 0.25) is 5.56 Å². The summed E-state index contributed by atoms with van der Waals surface area (Å²) in [5, 5.41) is 20.1. The minimum Gasteiger partial charge on any atom is -0.477 e. The van der Waals surface area contributed by atoms with Crippen molar-refractivity contribution in [3.05, 3.63) is 27.6 Å². The van der Waals surface area contributed by atoms with Gasteiger partial charge >= 0.3 is 17.1 Å². The van der Waals surface area contributed by atoms with Gasteiger partial charge in [-0.2, -0.15) is 4.57 Å². The maximum Gasteiger partial charge on any atom is 0.378 e. The topological polar surface area (TPSA) is 112 Å². The van der Waals surface area contributed by atoms with Crippen molar-refractivity contribution in [3.63, 3.8) is 0 Å². The van der Waals surface area contributed by atoms with Crippen LogP contribution in [0.1, 0.15) is 55.5 Å². The Balaban J connectivity index is 1.88. The number of nitrogens with one attached hydrogen (secondary N) is 3. The number of anilines is 1. The van der Waals surface area contributed by atoms with Crippen LogP contribution in [0.3, 0.4) is 0 Å². The molecule has 1 amide bonds. The van der Waals surface area contributed by atoms with E-state index in [9.17, 15) is 14.7 Å². The molecule has 0 unspecified atom stereocenters. The minimum atomic E-state index is -0.562. The molecule has 0 spiro atoms. The van der Waals surface area contributed by atoms with Crippen molar-refractivity contribution in [2.45, 2.75) is 52.1 Å². The zero-order valence-electron chi connectivity index (χ0n) is 18.4. The molecule has 1 aliphatic heterocycles. The maximum absolute atomic E-state index is 13.2. The van der Waals surface area contributed by atoms with Crippen LogP contribution in [-0.2, 0) is 11.3 Å². The highest BCUT2D eigenvalue weighted by atomic mass is 16.5. The van der Waals surface area contributed by atoms with Gasteiger partial charge < -0.3 is 20.5 Å². The number of fused-ring (bicyclic) bond motifs is 1.